The molecule has 6 heteroatoms. The molecule has 0 spiro atoms. The van der Waals surface area contributed by atoms with E-state index in [4.69, 9.17) is 11.6 Å². The number of pyridine rings is 1. The Morgan fingerprint density at radius 2 is 1.93 bits per heavy atom. The Kier molecular flexibility index (Phi) is 4.77. The lowest BCUT2D eigenvalue weighted by molar-refractivity contribution is 0.0980. The van der Waals surface area contributed by atoms with Crippen molar-refractivity contribution in [1.29, 1.82) is 0 Å². The SMILES string of the molecule is C[C@@H]1Cc2ccccc2N1C(=O)c1ccc(=O)n(Cc2c(F)cccc2Cl)c1. The molecule has 2 heterocycles. The second-order valence-corrected chi connectivity index (χ2v) is 7.35. The average molecular weight is 397 g/mol. The van der Waals surface area contributed by atoms with Crippen LogP contribution in [0.3, 0.4) is 0 Å². The fourth-order valence-electron chi connectivity index (χ4n) is 3.65. The van der Waals surface area contributed by atoms with Crippen LogP contribution in [0.15, 0.2) is 65.6 Å². The van der Waals surface area contributed by atoms with E-state index < -0.39 is 5.82 Å². The number of carbonyl (C=O) groups excluding carboxylic acids is 1. The molecule has 2 aromatic carbocycles. The minimum atomic E-state index is -0.488. The zero-order valence-electron chi connectivity index (χ0n) is 15.2. The first-order valence-corrected chi connectivity index (χ1v) is 9.38. The van der Waals surface area contributed by atoms with E-state index in [9.17, 15) is 14.0 Å². The smallest absolute Gasteiger partial charge is 0.260 e. The van der Waals surface area contributed by atoms with E-state index in [-0.39, 0.29) is 34.6 Å². The number of hydrogen-bond donors (Lipinski definition) is 0. The first-order chi connectivity index (χ1) is 13.5. The van der Waals surface area contributed by atoms with Crippen LogP contribution in [0, 0.1) is 5.82 Å². The van der Waals surface area contributed by atoms with Gasteiger partial charge in [0.15, 0.2) is 0 Å². The lowest BCUT2D eigenvalue weighted by Crippen LogP contribution is -2.36. The highest BCUT2D eigenvalue weighted by Gasteiger charge is 2.31. The first kappa shape index (κ1) is 18.4. The van der Waals surface area contributed by atoms with Crippen LogP contribution in [-0.2, 0) is 13.0 Å². The van der Waals surface area contributed by atoms with Gasteiger partial charge in [-0.2, -0.15) is 0 Å². The molecule has 142 valence electrons. The number of hydrogen-bond acceptors (Lipinski definition) is 2. The van der Waals surface area contributed by atoms with Gasteiger partial charge >= 0.3 is 0 Å². The fourth-order valence-corrected chi connectivity index (χ4v) is 3.87. The molecule has 0 fully saturated rings. The number of benzene rings is 2. The number of nitrogens with zero attached hydrogens (tertiary/aromatic N) is 2. The Morgan fingerprint density at radius 1 is 1.14 bits per heavy atom. The van der Waals surface area contributed by atoms with Gasteiger partial charge < -0.3 is 9.47 Å². The van der Waals surface area contributed by atoms with Gasteiger partial charge in [0.1, 0.15) is 5.82 Å². The van der Waals surface area contributed by atoms with E-state index >= 15 is 0 Å². The molecular formula is C22H18ClFN2O2. The second kappa shape index (κ2) is 7.24. The van der Waals surface area contributed by atoms with Crippen LogP contribution in [0.2, 0.25) is 5.02 Å². The van der Waals surface area contributed by atoms with E-state index in [1.807, 2.05) is 31.2 Å². The summed E-state index contributed by atoms with van der Waals surface area (Å²) in [6.45, 7) is 1.95. The van der Waals surface area contributed by atoms with Crippen molar-refractivity contribution in [2.75, 3.05) is 4.90 Å². The quantitative estimate of drug-likeness (QED) is 0.663. The van der Waals surface area contributed by atoms with Crippen LogP contribution < -0.4 is 10.5 Å². The maximum atomic E-state index is 14.1. The molecule has 1 aliphatic rings. The summed E-state index contributed by atoms with van der Waals surface area (Å²) in [5.74, 6) is -0.677. The minimum absolute atomic E-state index is 0.0197. The number of para-hydroxylation sites is 1. The highest BCUT2D eigenvalue weighted by atomic mass is 35.5. The third kappa shape index (κ3) is 3.22. The fraction of sp³-hybridized carbons (Fsp3) is 0.182. The van der Waals surface area contributed by atoms with Crippen LogP contribution >= 0.6 is 11.6 Å². The predicted molar refractivity (Wildman–Crippen MR) is 108 cm³/mol. The molecule has 1 aromatic heterocycles. The first-order valence-electron chi connectivity index (χ1n) is 9.00. The maximum absolute atomic E-state index is 14.1. The highest BCUT2D eigenvalue weighted by Crippen LogP contribution is 2.33. The molecule has 0 aliphatic carbocycles. The van der Waals surface area contributed by atoms with Crippen LogP contribution in [-0.4, -0.2) is 16.5 Å². The number of fused-ring (bicyclic) bond motifs is 1. The molecule has 28 heavy (non-hydrogen) atoms. The standard InChI is InChI=1S/C22H18ClFN2O2/c1-14-11-15-5-2-3-8-20(15)26(14)22(28)16-9-10-21(27)25(12-16)13-17-18(23)6-4-7-19(17)24/h2-10,12,14H,11,13H2,1H3/t14-/m1/s1. The molecule has 0 bridgehead atoms. The van der Waals surface area contributed by atoms with Gasteiger partial charge in [0.05, 0.1) is 12.1 Å². The van der Waals surface area contributed by atoms with Gasteiger partial charge in [-0.1, -0.05) is 35.9 Å². The lowest BCUT2D eigenvalue weighted by Gasteiger charge is -2.23. The van der Waals surface area contributed by atoms with E-state index in [0.29, 0.717) is 5.56 Å². The molecule has 0 saturated heterocycles. The number of halogens is 2. The zero-order chi connectivity index (χ0) is 19.8. The molecule has 4 nitrogen and oxygen atoms in total. The van der Waals surface area contributed by atoms with Gasteiger partial charge in [-0.05, 0) is 43.2 Å². The van der Waals surface area contributed by atoms with Gasteiger partial charge in [0.2, 0.25) is 0 Å². The Bertz CT molecular complexity index is 1110. The van der Waals surface area contributed by atoms with E-state index in [0.717, 1.165) is 17.7 Å². The summed E-state index contributed by atoms with van der Waals surface area (Å²) in [5.41, 5.74) is 2.27. The van der Waals surface area contributed by atoms with Crippen LogP contribution in [0.1, 0.15) is 28.4 Å². The van der Waals surface area contributed by atoms with Crippen molar-refractivity contribution in [2.24, 2.45) is 0 Å². The molecule has 1 atom stereocenters. The van der Waals surface area contributed by atoms with E-state index in [2.05, 4.69) is 0 Å². The van der Waals surface area contributed by atoms with Gasteiger partial charge in [0.25, 0.3) is 11.5 Å². The van der Waals surface area contributed by atoms with Crippen LogP contribution in [0.4, 0.5) is 10.1 Å². The Morgan fingerprint density at radius 3 is 2.71 bits per heavy atom. The van der Waals surface area contributed by atoms with Crippen molar-refractivity contribution < 1.29 is 9.18 Å². The summed E-state index contributed by atoms with van der Waals surface area (Å²) in [6.07, 6.45) is 2.26. The van der Waals surface area contributed by atoms with Gasteiger partial charge in [0, 0.05) is 34.6 Å². The molecule has 4 rings (SSSR count). The van der Waals surface area contributed by atoms with Crippen molar-refractivity contribution in [3.05, 3.63) is 98.7 Å². The predicted octanol–water partition coefficient (Wildman–Crippen LogP) is 4.28. The number of anilines is 1. The average Bonchev–Trinajstić information content (AvgIpc) is 3.01. The van der Waals surface area contributed by atoms with Crippen LogP contribution in [0.25, 0.3) is 0 Å². The number of amides is 1. The summed E-state index contributed by atoms with van der Waals surface area (Å²) < 4.78 is 15.4. The summed E-state index contributed by atoms with van der Waals surface area (Å²) in [7, 11) is 0. The molecule has 1 aliphatic heterocycles. The molecule has 1 amide bonds. The summed E-state index contributed by atoms with van der Waals surface area (Å²) >= 11 is 6.08. The summed E-state index contributed by atoms with van der Waals surface area (Å²) in [4.78, 5) is 27.2. The van der Waals surface area contributed by atoms with Crippen molar-refractivity contribution in [3.8, 4) is 0 Å². The summed E-state index contributed by atoms with van der Waals surface area (Å²) in [6, 6.07) is 15.0. The van der Waals surface area contributed by atoms with E-state index in [1.54, 1.807) is 11.0 Å². The zero-order valence-corrected chi connectivity index (χ0v) is 16.0. The third-order valence-electron chi connectivity index (χ3n) is 5.05. The maximum Gasteiger partial charge on any atom is 0.260 e. The molecular weight excluding hydrogens is 379 g/mol. The van der Waals surface area contributed by atoms with Gasteiger partial charge in [-0.3, -0.25) is 9.59 Å². The Labute approximate surface area is 166 Å². The highest BCUT2D eigenvalue weighted by molar-refractivity contribution is 6.31. The number of carbonyl (C=O) groups is 1. The largest absolute Gasteiger partial charge is 0.310 e. The summed E-state index contributed by atoms with van der Waals surface area (Å²) in [5, 5.41) is 0.241. The van der Waals surface area contributed by atoms with Gasteiger partial charge in [-0.25, -0.2) is 4.39 Å². The normalized spacial score (nSPS) is 15.5. The van der Waals surface area contributed by atoms with Crippen LogP contribution in [0.5, 0.6) is 0 Å². The molecule has 0 radical (unpaired) electrons. The topological polar surface area (TPSA) is 42.3 Å². The number of rotatable bonds is 3. The third-order valence-corrected chi connectivity index (χ3v) is 5.40. The molecule has 0 N–H and O–H groups in total. The van der Waals surface area contributed by atoms with Crippen molar-refractivity contribution in [3.63, 3.8) is 0 Å². The van der Waals surface area contributed by atoms with Crippen molar-refractivity contribution in [2.45, 2.75) is 25.9 Å². The molecule has 0 saturated carbocycles. The molecule has 0 unspecified atom stereocenters. The van der Waals surface area contributed by atoms with Crippen molar-refractivity contribution >= 4 is 23.2 Å². The lowest BCUT2D eigenvalue weighted by atomic mass is 10.1. The molecule has 3 aromatic rings. The Hall–Kier alpha value is -2.92. The Balaban J connectivity index is 1.70. The monoisotopic (exact) mass is 396 g/mol. The minimum Gasteiger partial charge on any atom is -0.310 e. The number of aromatic nitrogens is 1. The second-order valence-electron chi connectivity index (χ2n) is 6.94. The van der Waals surface area contributed by atoms with Crippen molar-refractivity contribution in [1.82, 2.24) is 4.57 Å². The van der Waals surface area contributed by atoms with E-state index in [1.165, 1.54) is 35.0 Å². The van der Waals surface area contributed by atoms with Gasteiger partial charge in [-0.15, -0.1) is 0 Å².